The number of aromatic nitrogens is 1. The highest BCUT2D eigenvalue weighted by molar-refractivity contribution is 7.20. The lowest BCUT2D eigenvalue weighted by Gasteiger charge is -2.35. The molecule has 0 saturated carbocycles. The monoisotopic (exact) mass is 550 g/mol. The molecular formula is C26H24BFN4O6S. The van der Waals surface area contributed by atoms with Crippen molar-refractivity contribution in [3.05, 3.63) is 64.1 Å². The summed E-state index contributed by atoms with van der Waals surface area (Å²) >= 11 is 1.36. The minimum atomic E-state index is -1.04. The van der Waals surface area contributed by atoms with Crippen LogP contribution in [0.3, 0.4) is 0 Å². The summed E-state index contributed by atoms with van der Waals surface area (Å²) in [5, 5.41) is 13.5. The Morgan fingerprint density at radius 3 is 2.82 bits per heavy atom. The van der Waals surface area contributed by atoms with E-state index in [2.05, 4.69) is 5.32 Å². The van der Waals surface area contributed by atoms with Crippen molar-refractivity contribution in [2.75, 3.05) is 40.5 Å². The second kappa shape index (κ2) is 11.1. The number of fused-ring (bicyclic) bond motifs is 1. The number of thiazole rings is 1. The number of aliphatic imine (C=N–C) groups is 1. The molecular weight excluding hydrogens is 526 g/mol. The van der Waals surface area contributed by atoms with Crippen molar-refractivity contribution < 1.29 is 33.3 Å². The van der Waals surface area contributed by atoms with E-state index in [0.29, 0.717) is 41.0 Å². The van der Waals surface area contributed by atoms with Gasteiger partial charge in [-0.25, -0.2) is 14.2 Å². The number of ether oxygens (including phenoxy) is 3. The van der Waals surface area contributed by atoms with Crippen LogP contribution in [0.25, 0.3) is 10.2 Å². The van der Waals surface area contributed by atoms with Gasteiger partial charge in [0, 0.05) is 18.8 Å². The summed E-state index contributed by atoms with van der Waals surface area (Å²) in [5.74, 6) is -1.22. The predicted octanol–water partition coefficient (Wildman–Crippen LogP) is 1.54. The van der Waals surface area contributed by atoms with Gasteiger partial charge in [0.1, 0.15) is 31.5 Å². The fourth-order valence-corrected chi connectivity index (χ4v) is 5.54. The number of benzene rings is 2. The number of hydrogen-bond acceptors (Lipinski definition) is 10. The van der Waals surface area contributed by atoms with Gasteiger partial charge in [0.25, 0.3) is 0 Å². The van der Waals surface area contributed by atoms with Gasteiger partial charge in [-0.2, -0.15) is 0 Å². The number of carbonyl (C=O) groups excluding carboxylic acids is 1. The molecule has 2 aliphatic rings. The van der Waals surface area contributed by atoms with E-state index in [-0.39, 0.29) is 24.2 Å². The highest BCUT2D eigenvalue weighted by Gasteiger charge is 2.37. The zero-order valence-electron chi connectivity index (χ0n) is 21.1. The van der Waals surface area contributed by atoms with Gasteiger partial charge < -0.3 is 24.6 Å². The van der Waals surface area contributed by atoms with Gasteiger partial charge >= 0.3 is 11.9 Å². The molecule has 2 radical (unpaired) electrons. The molecule has 2 N–H and O–H groups in total. The first-order valence-corrected chi connectivity index (χ1v) is 12.8. The highest BCUT2D eigenvalue weighted by Crippen LogP contribution is 2.34. The molecule has 0 bridgehead atoms. The fourth-order valence-electron chi connectivity index (χ4n) is 4.59. The Hall–Kier alpha value is -3.81. The molecule has 3 aromatic rings. The van der Waals surface area contributed by atoms with Crippen LogP contribution in [-0.4, -0.2) is 87.2 Å². The van der Waals surface area contributed by atoms with Crippen molar-refractivity contribution >= 4 is 52.6 Å². The zero-order chi connectivity index (χ0) is 27.7. The van der Waals surface area contributed by atoms with Crippen molar-refractivity contribution in [2.45, 2.75) is 12.1 Å². The third-order valence-electron chi connectivity index (χ3n) is 6.56. The van der Waals surface area contributed by atoms with Crippen molar-refractivity contribution in [3.8, 4) is 5.75 Å². The molecule has 3 heterocycles. The second-order valence-electron chi connectivity index (χ2n) is 8.91. The second-order valence-corrected chi connectivity index (χ2v) is 9.95. The lowest BCUT2D eigenvalue weighted by Crippen LogP contribution is -2.52. The molecule has 0 spiro atoms. The van der Waals surface area contributed by atoms with Crippen LogP contribution < -0.4 is 15.5 Å². The van der Waals surface area contributed by atoms with Crippen LogP contribution in [0.15, 0.2) is 52.7 Å². The van der Waals surface area contributed by atoms with E-state index in [1.165, 1.54) is 30.6 Å². The SMILES string of the molecule is [B]c1cc(F)ccc1C1N=C(c2nc3ccc(OC)cc3s2)NC(CN2CCOCC2C(=O)O)=C1C(=O)OC. The van der Waals surface area contributed by atoms with Crippen LogP contribution in [0.4, 0.5) is 4.39 Å². The van der Waals surface area contributed by atoms with Gasteiger partial charge in [-0.1, -0.05) is 11.5 Å². The molecule has 0 aliphatic carbocycles. The predicted molar refractivity (Wildman–Crippen MR) is 143 cm³/mol. The Morgan fingerprint density at radius 1 is 1.28 bits per heavy atom. The molecule has 200 valence electrons. The number of halogens is 1. The molecule has 10 nitrogen and oxygen atoms in total. The van der Waals surface area contributed by atoms with Gasteiger partial charge in [0.2, 0.25) is 0 Å². The standard InChI is InChI=1S/C26H24BFN4O6S/c1-36-14-4-6-17-20(10-14)39-24(30-17)23-29-18(11-32-7-8-38-12-19(32)25(33)34)21(26(35)37-2)22(31-23)15-5-3-13(28)9-16(15)27/h3-6,9-10,19,22H,7-8,11-12H2,1-2H3,(H,29,31)(H,33,34). The first kappa shape index (κ1) is 26.8. The van der Waals surface area contributed by atoms with E-state index in [4.69, 9.17) is 32.0 Å². The summed E-state index contributed by atoms with van der Waals surface area (Å²) < 4.78 is 30.6. The molecule has 2 unspecified atom stereocenters. The summed E-state index contributed by atoms with van der Waals surface area (Å²) in [4.78, 5) is 36.3. The molecule has 0 amide bonds. The summed E-state index contributed by atoms with van der Waals surface area (Å²) in [7, 11) is 9.01. The van der Waals surface area contributed by atoms with E-state index in [1.807, 2.05) is 12.1 Å². The largest absolute Gasteiger partial charge is 0.497 e. The highest BCUT2D eigenvalue weighted by atomic mass is 32.1. The summed E-state index contributed by atoms with van der Waals surface area (Å²) in [6, 6.07) is 7.48. The number of hydrogen-bond donors (Lipinski definition) is 2. The fraction of sp³-hybridized carbons (Fsp3) is 0.308. The van der Waals surface area contributed by atoms with E-state index in [9.17, 15) is 19.1 Å². The van der Waals surface area contributed by atoms with Crippen LogP contribution in [0.5, 0.6) is 5.75 Å². The van der Waals surface area contributed by atoms with Gasteiger partial charge in [-0.3, -0.25) is 14.7 Å². The number of esters is 1. The van der Waals surface area contributed by atoms with Gasteiger partial charge in [0.05, 0.1) is 43.2 Å². The summed E-state index contributed by atoms with van der Waals surface area (Å²) in [5.41, 5.74) is 1.74. The van der Waals surface area contributed by atoms with E-state index >= 15 is 0 Å². The topological polar surface area (TPSA) is 123 Å². The number of nitrogens with one attached hydrogen (secondary N) is 1. The van der Waals surface area contributed by atoms with E-state index < -0.39 is 29.8 Å². The molecule has 1 saturated heterocycles. The van der Waals surface area contributed by atoms with Crippen LogP contribution in [0.2, 0.25) is 0 Å². The molecule has 13 heteroatoms. The molecule has 2 atom stereocenters. The number of amidine groups is 1. The minimum Gasteiger partial charge on any atom is -0.497 e. The average Bonchev–Trinajstić information content (AvgIpc) is 3.36. The number of methoxy groups -OCH3 is 2. The van der Waals surface area contributed by atoms with E-state index in [1.54, 1.807) is 18.1 Å². The maximum Gasteiger partial charge on any atom is 0.338 e. The number of carboxylic acid groups (broad SMARTS) is 1. The Balaban J connectivity index is 1.64. The van der Waals surface area contributed by atoms with Crippen LogP contribution in [0.1, 0.15) is 16.6 Å². The molecule has 2 aromatic carbocycles. The number of carbonyl (C=O) groups is 2. The van der Waals surface area contributed by atoms with E-state index in [0.717, 1.165) is 16.3 Å². The Bertz CT molecular complexity index is 1510. The smallest absolute Gasteiger partial charge is 0.338 e. The summed E-state index contributed by atoms with van der Waals surface area (Å²) in [6.45, 7) is 0.720. The molecule has 5 rings (SSSR count). The lowest BCUT2D eigenvalue weighted by atomic mass is 9.83. The van der Waals surface area contributed by atoms with Crippen LogP contribution >= 0.6 is 11.3 Å². The number of rotatable bonds is 7. The number of aliphatic carboxylic acids is 1. The quantitative estimate of drug-likeness (QED) is 0.333. The van der Waals surface area contributed by atoms with Crippen LogP contribution in [0, 0.1) is 5.82 Å². The maximum atomic E-state index is 13.9. The Labute approximate surface area is 228 Å². The lowest BCUT2D eigenvalue weighted by molar-refractivity contribution is -0.149. The minimum absolute atomic E-state index is 0.00512. The van der Waals surface area contributed by atoms with Gasteiger partial charge in [-0.15, -0.1) is 11.3 Å². The zero-order valence-corrected chi connectivity index (χ0v) is 22.0. The molecule has 1 aromatic heterocycles. The van der Waals surface area contributed by atoms with Gasteiger partial charge in [0.15, 0.2) is 10.8 Å². The summed E-state index contributed by atoms with van der Waals surface area (Å²) in [6.07, 6.45) is 0. The number of nitrogens with zero attached hydrogens (tertiary/aromatic N) is 3. The third-order valence-corrected chi connectivity index (χ3v) is 7.58. The normalized spacial score (nSPS) is 19.9. The first-order chi connectivity index (χ1) is 18.8. The average molecular weight is 550 g/mol. The van der Waals surface area contributed by atoms with Crippen molar-refractivity contribution in [1.82, 2.24) is 15.2 Å². The number of morpholine rings is 1. The number of carboxylic acids is 1. The van der Waals surface area contributed by atoms with Crippen LogP contribution in [-0.2, 0) is 19.1 Å². The molecule has 1 fully saturated rings. The Kier molecular flexibility index (Phi) is 7.64. The third kappa shape index (κ3) is 5.38. The van der Waals surface area contributed by atoms with Crippen molar-refractivity contribution in [2.24, 2.45) is 4.99 Å². The van der Waals surface area contributed by atoms with Crippen molar-refractivity contribution in [3.63, 3.8) is 0 Å². The first-order valence-electron chi connectivity index (χ1n) is 12.0. The Morgan fingerprint density at radius 2 is 2.10 bits per heavy atom. The van der Waals surface area contributed by atoms with Gasteiger partial charge in [-0.05, 0) is 35.9 Å². The maximum absolute atomic E-state index is 13.9. The molecule has 39 heavy (non-hydrogen) atoms. The van der Waals surface area contributed by atoms with Crippen molar-refractivity contribution in [1.29, 1.82) is 0 Å². The molecule has 2 aliphatic heterocycles.